The SMILES string of the molecule is COCCc1c(Cl)nc(N)nc1N1CCOc2ccc(-c3cnc4sc(N)nc4c3)cc2C1. The molecule has 0 saturated carbocycles. The first-order valence-corrected chi connectivity index (χ1v) is 11.5. The highest BCUT2D eigenvalue weighted by atomic mass is 35.5. The van der Waals surface area contributed by atoms with Crippen molar-refractivity contribution in [3.8, 4) is 16.9 Å². The molecule has 0 fully saturated rings. The van der Waals surface area contributed by atoms with E-state index in [1.807, 2.05) is 24.4 Å². The maximum Gasteiger partial charge on any atom is 0.223 e. The Hall–Kier alpha value is -3.21. The number of nitrogens with two attached hydrogens (primary N) is 2. The lowest BCUT2D eigenvalue weighted by molar-refractivity contribution is 0.202. The molecule has 1 aromatic carbocycles. The summed E-state index contributed by atoms with van der Waals surface area (Å²) in [6.45, 7) is 2.21. The van der Waals surface area contributed by atoms with Gasteiger partial charge in [0.1, 0.15) is 33.7 Å². The second kappa shape index (κ2) is 8.97. The first-order chi connectivity index (χ1) is 16.0. The van der Waals surface area contributed by atoms with E-state index >= 15 is 0 Å². The fraction of sp³-hybridized carbons (Fsp3) is 0.273. The van der Waals surface area contributed by atoms with Crippen LogP contribution in [0.2, 0.25) is 5.15 Å². The van der Waals surface area contributed by atoms with Gasteiger partial charge in [-0.1, -0.05) is 29.0 Å². The van der Waals surface area contributed by atoms with Crippen molar-refractivity contribution < 1.29 is 9.47 Å². The summed E-state index contributed by atoms with van der Waals surface area (Å²) in [7, 11) is 1.65. The number of fused-ring (bicyclic) bond motifs is 2. The minimum atomic E-state index is 0.136. The Labute approximate surface area is 199 Å². The van der Waals surface area contributed by atoms with Gasteiger partial charge in [-0.3, -0.25) is 0 Å². The highest BCUT2D eigenvalue weighted by molar-refractivity contribution is 7.21. The highest BCUT2D eigenvalue weighted by Gasteiger charge is 2.22. The largest absolute Gasteiger partial charge is 0.491 e. The summed E-state index contributed by atoms with van der Waals surface area (Å²) in [6, 6.07) is 8.12. The van der Waals surface area contributed by atoms with Crippen molar-refractivity contribution in [2.24, 2.45) is 0 Å². The molecule has 0 atom stereocenters. The van der Waals surface area contributed by atoms with E-state index in [-0.39, 0.29) is 5.95 Å². The summed E-state index contributed by atoms with van der Waals surface area (Å²) in [5, 5.41) is 0.850. The summed E-state index contributed by atoms with van der Waals surface area (Å²) in [5.41, 5.74) is 16.4. The molecule has 0 spiro atoms. The normalized spacial score (nSPS) is 13.6. The number of halogens is 1. The number of hydrogen-bond acceptors (Lipinski definition) is 10. The molecule has 4 heterocycles. The highest BCUT2D eigenvalue weighted by Crippen LogP contribution is 2.34. The summed E-state index contributed by atoms with van der Waals surface area (Å²) in [4.78, 5) is 20.4. The number of nitrogen functional groups attached to an aromatic ring is 2. The Bertz CT molecular complexity index is 1330. The molecule has 0 amide bonds. The van der Waals surface area contributed by atoms with Gasteiger partial charge >= 0.3 is 0 Å². The fourth-order valence-corrected chi connectivity index (χ4v) is 4.82. The molecule has 3 aromatic heterocycles. The number of hydrogen-bond donors (Lipinski definition) is 2. The Kier molecular flexibility index (Phi) is 5.88. The monoisotopic (exact) mass is 483 g/mol. The molecule has 0 bridgehead atoms. The molecule has 170 valence electrons. The van der Waals surface area contributed by atoms with Crippen LogP contribution in [0.15, 0.2) is 30.5 Å². The smallest absolute Gasteiger partial charge is 0.223 e. The van der Waals surface area contributed by atoms with Crippen LogP contribution in [0.25, 0.3) is 21.5 Å². The van der Waals surface area contributed by atoms with Crippen molar-refractivity contribution in [1.29, 1.82) is 0 Å². The van der Waals surface area contributed by atoms with Gasteiger partial charge < -0.3 is 25.8 Å². The molecule has 1 aliphatic heterocycles. The van der Waals surface area contributed by atoms with Gasteiger partial charge in [-0.05, 0) is 23.8 Å². The predicted octanol–water partition coefficient (Wildman–Crippen LogP) is 3.55. The van der Waals surface area contributed by atoms with Crippen LogP contribution in [0.5, 0.6) is 5.75 Å². The van der Waals surface area contributed by atoms with Crippen LogP contribution in [-0.4, -0.2) is 46.8 Å². The number of thiazole rings is 1. The zero-order valence-electron chi connectivity index (χ0n) is 17.9. The second-order valence-corrected chi connectivity index (χ2v) is 8.98. The third-order valence-electron chi connectivity index (χ3n) is 5.45. The Balaban J connectivity index is 1.51. The third kappa shape index (κ3) is 4.37. The van der Waals surface area contributed by atoms with Crippen molar-refractivity contribution in [2.45, 2.75) is 13.0 Å². The van der Waals surface area contributed by atoms with E-state index in [0.29, 0.717) is 48.8 Å². The number of anilines is 3. The Morgan fingerprint density at radius 2 is 2.06 bits per heavy atom. The molecule has 0 unspecified atom stereocenters. The number of benzene rings is 1. The molecular weight excluding hydrogens is 462 g/mol. The number of rotatable bonds is 5. The van der Waals surface area contributed by atoms with Crippen LogP contribution >= 0.6 is 22.9 Å². The number of aromatic nitrogens is 4. The molecule has 0 aliphatic carbocycles. The van der Waals surface area contributed by atoms with E-state index in [1.165, 1.54) is 11.3 Å². The number of pyridine rings is 1. The number of methoxy groups -OCH3 is 1. The lowest BCUT2D eigenvalue weighted by Crippen LogP contribution is -2.28. The topological polar surface area (TPSA) is 125 Å². The van der Waals surface area contributed by atoms with Crippen molar-refractivity contribution in [3.63, 3.8) is 0 Å². The van der Waals surface area contributed by atoms with Crippen molar-refractivity contribution >= 4 is 50.2 Å². The van der Waals surface area contributed by atoms with Crippen LogP contribution in [0.4, 0.5) is 16.9 Å². The van der Waals surface area contributed by atoms with E-state index in [0.717, 1.165) is 38.4 Å². The van der Waals surface area contributed by atoms with Gasteiger partial charge in [0.05, 0.1) is 13.2 Å². The third-order valence-corrected chi connectivity index (χ3v) is 6.57. The average Bonchev–Trinajstić information content (AvgIpc) is 3.03. The maximum atomic E-state index is 6.42. The predicted molar refractivity (Wildman–Crippen MR) is 131 cm³/mol. The maximum absolute atomic E-state index is 6.42. The molecule has 0 radical (unpaired) electrons. The fourth-order valence-electron chi connectivity index (χ4n) is 3.89. The quantitative estimate of drug-likeness (QED) is 0.410. The molecule has 4 aromatic rings. The van der Waals surface area contributed by atoms with E-state index in [4.69, 9.17) is 32.5 Å². The molecular formula is C22H22ClN7O2S. The van der Waals surface area contributed by atoms with Gasteiger partial charge in [-0.15, -0.1) is 0 Å². The Morgan fingerprint density at radius 3 is 2.91 bits per heavy atom. The molecule has 0 saturated heterocycles. The van der Waals surface area contributed by atoms with Crippen LogP contribution in [0.3, 0.4) is 0 Å². The van der Waals surface area contributed by atoms with Crippen LogP contribution in [-0.2, 0) is 17.7 Å². The molecule has 5 rings (SSSR count). The van der Waals surface area contributed by atoms with E-state index in [9.17, 15) is 0 Å². The van der Waals surface area contributed by atoms with Crippen LogP contribution in [0, 0.1) is 0 Å². The zero-order valence-corrected chi connectivity index (χ0v) is 19.5. The standard InChI is InChI=1S/C22H22ClN7O2S/c1-31-6-4-15-18(23)28-21(24)29-19(15)30-5-7-32-17-3-2-12(8-14(17)11-30)13-9-16-20(26-10-13)33-22(25)27-16/h2-3,8-10H,4-7,11H2,1H3,(H2,25,27)(H2,24,28,29). The van der Waals surface area contributed by atoms with Crippen molar-refractivity contribution in [1.82, 2.24) is 19.9 Å². The van der Waals surface area contributed by atoms with Gasteiger partial charge in [0, 0.05) is 43.0 Å². The van der Waals surface area contributed by atoms with E-state index in [1.54, 1.807) is 7.11 Å². The van der Waals surface area contributed by atoms with E-state index < -0.39 is 0 Å². The number of ether oxygens (including phenoxy) is 2. The van der Waals surface area contributed by atoms with Gasteiger partial charge in [0.15, 0.2) is 5.13 Å². The lowest BCUT2D eigenvalue weighted by atomic mass is 10.0. The first kappa shape index (κ1) is 21.6. The van der Waals surface area contributed by atoms with Gasteiger partial charge in [0.2, 0.25) is 5.95 Å². The first-order valence-electron chi connectivity index (χ1n) is 10.4. The Morgan fingerprint density at radius 1 is 1.18 bits per heavy atom. The molecule has 11 heteroatoms. The minimum Gasteiger partial charge on any atom is -0.491 e. The van der Waals surface area contributed by atoms with E-state index in [2.05, 4.69) is 30.9 Å². The van der Waals surface area contributed by atoms with Crippen LogP contribution < -0.4 is 21.1 Å². The van der Waals surface area contributed by atoms with Gasteiger partial charge in [-0.25, -0.2) is 15.0 Å². The van der Waals surface area contributed by atoms with Crippen molar-refractivity contribution in [2.75, 3.05) is 43.2 Å². The molecule has 4 N–H and O–H groups in total. The van der Waals surface area contributed by atoms with Crippen molar-refractivity contribution in [3.05, 3.63) is 46.7 Å². The summed E-state index contributed by atoms with van der Waals surface area (Å²) in [6.07, 6.45) is 2.42. The number of nitrogens with zero attached hydrogens (tertiary/aromatic N) is 5. The van der Waals surface area contributed by atoms with Gasteiger partial charge in [-0.2, -0.15) is 4.98 Å². The summed E-state index contributed by atoms with van der Waals surface area (Å²) >= 11 is 7.80. The molecule has 9 nitrogen and oxygen atoms in total. The lowest BCUT2D eigenvalue weighted by Gasteiger charge is -2.24. The molecule has 33 heavy (non-hydrogen) atoms. The second-order valence-electron chi connectivity index (χ2n) is 7.61. The summed E-state index contributed by atoms with van der Waals surface area (Å²) in [5.74, 6) is 1.67. The average molecular weight is 484 g/mol. The summed E-state index contributed by atoms with van der Waals surface area (Å²) < 4.78 is 11.3. The van der Waals surface area contributed by atoms with Gasteiger partial charge in [0.25, 0.3) is 0 Å². The zero-order chi connectivity index (χ0) is 22.9. The minimum absolute atomic E-state index is 0.136. The molecule has 1 aliphatic rings. The van der Waals surface area contributed by atoms with Crippen LogP contribution in [0.1, 0.15) is 11.1 Å².